The summed E-state index contributed by atoms with van der Waals surface area (Å²) in [5.41, 5.74) is 7.64. The first-order valence-corrected chi connectivity index (χ1v) is 12.7. The Kier molecular flexibility index (Phi) is 6.06. The fraction of sp³-hybridized carbons (Fsp3) is 0.682. The van der Waals surface area contributed by atoms with Gasteiger partial charge >= 0.3 is 5.97 Å². The van der Waals surface area contributed by atoms with Crippen LogP contribution >= 0.6 is 0 Å². The number of aliphatic carboxylic acids is 1. The summed E-state index contributed by atoms with van der Waals surface area (Å²) >= 11 is 0. The summed E-state index contributed by atoms with van der Waals surface area (Å²) in [4.78, 5) is 11.0. The van der Waals surface area contributed by atoms with Gasteiger partial charge in [0.2, 0.25) is 0 Å². The van der Waals surface area contributed by atoms with Crippen molar-refractivity contribution in [1.82, 2.24) is 5.32 Å². The maximum absolute atomic E-state index is 11.0. The molecule has 4 saturated carbocycles. The number of hydrogen-bond donors (Lipinski definition) is 5. The standard InChI is InChI=1S/C22H33N3O5S/c23-19(20(26)27)9-15-2-4-18(5-3-15)25-22-12-16-8-17(13-22)11-21(10-16,14-22)24-6-1-7-31(28,29)30/h2-5,16-17,19,24-25H,1,6-14,23H2,(H,26,27)(H,28,29,30)/t16?,17?,19-,21?,22?/m0/s1. The van der Waals surface area contributed by atoms with Crippen molar-refractivity contribution >= 4 is 21.8 Å². The lowest BCUT2D eigenvalue weighted by Crippen LogP contribution is -2.66. The van der Waals surface area contributed by atoms with Crippen LogP contribution in [0.2, 0.25) is 0 Å². The third-order valence-electron chi connectivity index (χ3n) is 7.28. The van der Waals surface area contributed by atoms with E-state index < -0.39 is 22.1 Å². The minimum atomic E-state index is -3.91. The number of benzene rings is 1. The van der Waals surface area contributed by atoms with Gasteiger partial charge in [-0.2, -0.15) is 8.42 Å². The molecule has 0 heterocycles. The van der Waals surface area contributed by atoms with Gasteiger partial charge in [0.05, 0.1) is 5.75 Å². The zero-order valence-corrected chi connectivity index (χ0v) is 18.5. The molecular formula is C22H33N3O5S. The Bertz CT molecular complexity index is 904. The van der Waals surface area contributed by atoms with Crippen LogP contribution in [0.3, 0.4) is 0 Å². The first-order chi connectivity index (χ1) is 14.6. The van der Waals surface area contributed by atoms with Crippen molar-refractivity contribution < 1.29 is 22.9 Å². The predicted molar refractivity (Wildman–Crippen MR) is 119 cm³/mol. The zero-order chi connectivity index (χ0) is 22.3. The third kappa shape index (κ3) is 5.39. The summed E-state index contributed by atoms with van der Waals surface area (Å²) in [6.07, 6.45) is 7.54. The van der Waals surface area contributed by atoms with E-state index in [0.717, 1.165) is 43.4 Å². The molecule has 4 aliphatic carbocycles. The van der Waals surface area contributed by atoms with Crippen molar-refractivity contribution in [1.29, 1.82) is 0 Å². The number of anilines is 1. The van der Waals surface area contributed by atoms with Gasteiger partial charge in [-0.3, -0.25) is 9.35 Å². The van der Waals surface area contributed by atoms with Gasteiger partial charge in [0.1, 0.15) is 6.04 Å². The summed E-state index contributed by atoms with van der Waals surface area (Å²) in [7, 11) is -3.91. The zero-order valence-electron chi connectivity index (χ0n) is 17.7. The average molecular weight is 452 g/mol. The van der Waals surface area contributed by atoms with Crippen molar-refractivity contribution in [3.05, 3.63) is 29.8 Å². The van der Waals surface area contributed by atoms with Gasteiger partial charge in [-0.25, -0.2) is 0 Å². The first kappa shape index (κ1) is 22.5. The first-order valence-electron chi connectivity index (χ1n) is 11.1. The smallest absolute Gasteiger partial charge is 0.320 e. The number of carbonyl (C=O) groups is 1. The monoisotopic (exact) mass is 451 g/mol. The van der Waals surface area contributed by atoms with Crippen LogP contribution in [0.1, 0.15) is 50.5 Å². The van der Waals surface area contributed by atoms with Gasteiger partial charge in [0.15, 0.2) is 0 Å². The second-order valence-corrected chi connectivity index (χ2v) is 11.6. The molecule has 5 rings (SSSR count). The van der Waals surface area contributed by atoms with Gasteiger partial charge in [0.25, 0.3) is 10.1 Å². The Labute approximate surface area is 183 Å². The molecule has 31 heavy (non-hydrogen) atoms. The van der Waals surface area contributed by atoms with Gasteiger partial charge < -0.3 is 21.5 Å². The Morgan fingerprint density at radius 1 is 1.13 bits per heavy atom. The second-order valence-electron chi connectivity index (χ2n) is 10.1. The molecule has 4 bridgehead atoms. The molecule has 8 nitrogen and oxygen atoms in total. The highest BCUT2D eigenvalue weighted by Gasteiger charge is 2.57. The quantitative estimate of drug-likeness (QED) is 0.269. The number of carboxylic acids is 1. The topological polar surface area (TPSA) is 142 Å². The normalized spacial score (nSPS) is 32.7. The number of nitrogens with one attached hydrogen (secondary N) is 2. The third-order valence-corrected chi connectivity index (χ3v) is 8.08. The molecule has 2 unspecified atom stereocenters. The van der Waals surface area contributed by atoms with E-state index in [1.165, 1.54) is 6.42 Å². The van der Waals surface area contributed by atoms with Gasteiger partial charge in [-0.15, -0.1) is 0 Å². The van der Waals surface area contributed by atoms with Crippen LogP contribution in [-0.2, 0) is 21.3 Å². The van der Waals surface area contributed by atoms with Crippen LogP contribution in [0.25, 0.3) is 0 Å². The molecule has 172 valence electrons. The van der Waals surface area contributed by atoms with E-state index in [1.54, 1.807) is 0 Å². The highest BCUT2D eigenvalue weighted by molar-refractivity contribution is 7.85. The van der Waals surface area contributed by atoms with E-state index >= 15 is 0 Å². The van der Waals surface area contributed by atoms with Crippen LogP contribution in [0.4, 0.5) is 5.69 Å². The van der Waals surface area contributed by atoms with Crippen molar-refractivity contribution in [3.8, 4) is 0 Å². The van der Waals surface area contributed by atoms with Crippen LogP contribution in [0.5, 0.6) is 0 Å². The van der Waals surface area contributed by atoms with Crippen LogP contribution in [-0.4, -0.2) is 53.5 Å². The molecule has 9 heteroatoms. The second kappa shape index (κ2) is 8.35. The van der Waals surface area contributed by atoms with E-state index in [0.29, 0.717) is 31.2 Å². The van der Waals surface area contributed by atoms with Crippen molar-refractivity contribution in [3.63, 3.8) is 0 Å². The molecule has 4 fully saturated rings. The largest absolute Gasteiger partial charge is 0.480 e. The van der Waals surface area contributed by atoms with E-state index in [-0.39, 0.29) is 16.8 Å². The average Bonchev–Trinajstić information content (AvgIpc) is 2.65. The number of nitrogens with two attached hydrogens (primary N) is 1. The lowest BCUT2D eigenvalue weighted by atomic mass is 9.50. The lowest BCUT2D eigenvalue weighted by Gasteiger charge is -2.62. The highest BCUT2D eigenvalue weighted by Crippen LogP contribution is 2.58. The molecule has 0 amide bonds. The Hall–Kier alpha value is -1.68. The molecule has 0 radical (unpaired) electrons. The molecule has 0 aromatic heterocycles. The minimum absolute atomic E-state index is 0.0269. The predicted octanol–water partition coefficient (Wildman–Crippen LogP) is 2.01. The van der Waals surface area contributed by atoms with Crippen LogP contribution in [0, 0.1) is 11.8 Å². The fourth-order valence-corrected chi connectivity index (χ4v) is 7.10. The van der Waals surface area contributed by atoms with Crippen molar-refractivity contribution in [2.45, 2.75) is 68.5 Å². The van der Waals surface area contributed by atoms with Gasteiger partial charge in [-0.1, -0.05) is 12.1 Å². The van der Waals surface area contributed by atoms with Crippen molar-refractivity contribution in [2.75, 3.05) is 17.6 Å². The Balaban J connectivity index is 1.41. The van der Waals surface area contributed by atoms with Crippen LogP contribution in [0.15, 0.2) is 24.3 Å². The fourth-order valence-electron chi connectivity index (χ4n) is 6.60. The summed E-state index contributed by atoms with van der Waals surface area (Å²) < 4.78 is 31.0. The van der Waals surface area contributed by atoms with Crippen LogP contribution < -0.4 is 16.4 Å². The number of rotatable bonds is 10. The van der Waals surface area contributed by atoms with Crippen molar-refractivity contribution in [2.24, 2.45) is 17.6 Å². The van der Waals surface area contributed by atoms with E-state index in [9.17, 15) is 13.2 Å². The number of hydrogen-bond acceptors (Lipinski definition) is 6. The summed E-state index contributed by atoms with van der Waals surface area (Å²) in [5, 5.41) is 16.5. The van der Waals surface area contributed by atoms with Gasteiger partial charge in [-0.05, 0) is 87.4 Å². The molecule has 0 spiro atoms. The lowest BCUT2D eigenvalue weighted by molar-refractivity contribution is -0.138. The Morgan fingerprint density at radius 3 is 2.32 bits per heavy atom. The number of carboxylic acid groups (broad SMARTS) is 1. The molecule has 1 aromatic carbocycles. The molecular weight excluding hydrogens is 418 g/mol. The molecule has 4 aliphatic rings. The summed E-state index contributed by atoms with van der Waals surface area (Å²) in [5.74, 6) is 0.126. The van der Waals surface area contributed by atoms with E-state index in [1.807, 2.05) is 24.3 Å². The van der Waals surface area contributed by atoms with Gasteiger partial charge in [0, 0.05) is 16.8 Å². The maximum Gasteiger partial charge on any atom is 0.320 e. The molecule has 1 aromatic rings. The van der Waals surface area contributed by atoms with E-state index in [2.05, 4.69) is 10.6 Å². The molecule has 3 atom stereocenters. The summed E-state index contributed by atoms with van der Waals surface area (Å²) in [6.45, 7) is 0.591. The molecule has 0 saturated heterocycles. The van der Waals surface area contributed by atoms with E-state index in [4.69, 9.17) is 15.4 Å². The Morgan fingerprint density at radius 2 is 1.74 bits per heavy atom. The molecule has 6 N–H and O–H groups in total. The molecule has 0 aliphatic heterocycles. The summed E-state index contributed by atoms with van der Waals surface area (Å²) in [6, 6.07) is 7.00. The minimum Gasteiger partial charge on any atom is -0.480 e. The SMILES string of the molecule is N[C@@H](Cc1ccc(NC23CC4CC(CC(NCCCS(=O)(=O)O)(C4)C2)C3)cc1)C(=O)O. The maximum atomic E-state index is 11.0. The highest BCUT2D eigenvalue weighted by atomic mass is 32.2.